The van der Waals surface area contributed by atoms with E-state index in [1.54, 1.807) is 36.4 Å². The number of nitrogens with zero attached hydrogens (tertiary/aromatic N) is 2. The Bertz CT molecular complexity index is 945. The van der Waals surface area contributed by atoms with Crippen LogP contribution in [0.3, 0.4) is 0 Å². The van der Waals surface area contributed by atoms with Crippen molar-refractivity contribution in [3.63, 3.8) is 0 Å². The third kappa shape index (κ3) is 5.68. The minimum absolute atomic E-state index is 0.115. The quantitative estimate of drug-likeness (QED) is 0.311. The van der Waals surface area contributed by atoms with E-state index < -0.39 is 10.8 Å². The number of amides is 2. The van der Waals surface area contributed by atoms with Crippen LogP contribution in [-0.2, 0) is 9.59 Å². The molecule has 0 heterocycles. The van der Waals surface area contributed by atoms with Gasteiger partial charge in [0.1, 0.15) is 11.6 Å². The van der Waals surface area contributed by atoms with Crippen LogP contribution in [0.4, 0.5) is 22.7 Å². The molecule has 0 bridgehead atoms. The highest BCUT2D eigenvalue weighted by Gasteiger charge is 2.10. The lowest BCUT2D eigenvalue weighted by atomic mass is 10.2. The summed E-state index contributed by atoms with van der Waals surface area (Å²) in [6, 6.07) is 13.8. The fourth-order valence-electron chi connectivity index (χ4n) is 2.05. The highest BCUT2D eigenvalue weighted by Crippen LogP contribution is 2.18. The summed E-state index contributed by atoms with van der Waals surface area (Å²) in [6.07, 6.45) is 1.17. The van der Waals surface area contributed by atoms with Gasteiger partial charge in [-0.2, -0.15) is 5.26 Å². The van der Waals surface area contributed by atoms with Gasteiger partial charge in [0.25, 0.3) is 11.6 Å². The molecule has 0 saturated heterocycles. The summed E-state index contributed by atoms with van der Waals surface area (Å²) in [5, 5.41) is 27.8. The van der Waals surface area contributed by atoms with E-state index in [-0.39, 0.29) is 17.2 Å². The van der Waals surface area contributed by atoms with Crippen molar-refractivity contribution < 1.29 is 14.5 Å². The number of nitrogens with one attached hydrogen (secondary N) is 3. The first-order valence-electron chi connectivity index (χ1n) is 7.69. The second kappa shape index (κ2) is 8.77. The van der Waals surface area contributed by atoms with Crippen LogP contribution < -0.4 is 16.0 Å². The molecule has 9 nitrogen and oxygen atoms in total. The number of nitriles is 1. The molecule has 0 aliphatic rings. The Kier molecular flexibility index (Phi) is 6.22. The van der Waals surface area contributed by atoms with Crippen LogP contribution in [0.2, 0.25) is 0 Å². The molecule has 136 valence electrons. The van der Waals surface area contributed by atoms with Crippen LogP contribution in [0, 0.1) is 21.4 Å². The Hall–Kier alpha value is -4.19. The topological polar surface area (TPSA) is 137 Å². The van der Waals surface area contributed by atoms with Gasteiger partial charge in [-0.25, -0.2) is 0 Å². The maximum absolute atomic E-state index is 12.2. The molecule has 9 heteroatoms. The summed E-state index contributed by atoms with van der Waals surface area (Å²) in [6.45, 7) is 1.38. The number of nitro groups is 1. The number of rotatable bonds is 6. The zero-order chi connectivity index (χ0) is 19.8. The SMILES string of the molecule is CC(=O)Nc1ccc(NC(=O)/C(C#N)=C\Nc2cccc([N+](=O)[O-])c2)cc1. The van der Waals surface area contributed by atoms with E-state index >= 15 is 0 Å². The number of non-ortho nitro benzene ring substituents is 1. The molecule has 0 radical (unpaired) electrons. The molecule has 2 aromatic rings. The number of hydrogen-bond donors (Lipinski definition) is 3. The molecule has 0 aliphatic carbocycles. The standard InChI is InChI=1S/C18H15N5O4/c1-12(24)21-14-5-7-15(8-6-14)22-18(25)13(10-19)11-20-16-3-2-4-17(9-16)23(26)27/h2-9,11,20H,1H3,(H,21,24)(H,22,25)/b13-11-. The third-order valence-corrected chi connectivity index (χ3v) is 3.27. The number of carbonyl (C=O) groups excluding carboxylic acids is 2. The molecule has 0 saturated carbocycles. The number of hydrogen-bond acceptors (Lipinski definition) is 6. The van der Waals surface area contributed by atoms with Crippen molar-refractivity contribution >= 4 is 34.6 Å². The van der Waals surface area contributed by atoms with E-state index in [2.05, 4.69) is 16.0 Å². The minimum Gasteiger partial charge on any atom is -0.360 e. The number of benzene rings is 2. The Balaban J connectivity index is 2.06. The van der Waals surface area contributed by atoms with Crippen LogP contribution in [-0.4, -0.2) is 16.7 Å². The summed E-state index contributed by atoms with van der Waals surface area (Å²) < 4.78 is 0. The number of anilines is 3. The fourth-order valence-corrected chi connectivity index (χ4v) is 2.05. The molecular formula is C18H15N5O4. The van der Waals surface area contributed by atoms with Crippen molar-refractivity contribution in [2.75, 3.05) is 16.0 Å². The molecule has 0 aromatic heterocycles. The third-order valence-electron chi connectivity index (χ3n) is 3.27. The normalized spacial score (nSPS) is 10.4. The van der Waals surface area contributed by atoms with Crippen LogP contribution in [0.1, 0.15) is 6.92 Å². The fraction of sp³-hybridized carbons (Fsp3) is 0.0556. The zero-order valence-electron chi connectivity index (χ0n) is 14.2. The maximum atomic E-state index is 12.2. The molecule has 0 atom stereocenters. The Labute approximate surface area is 154 Å². The van der Waals surface area contributed by atoms with Gasteiger partial charge in [-0.15, -0.1) is 0 Å². The largest absolute Gasteiger partial charge is 0.360 e. The van der Waals surface area contributed by atoms with E-state index in [1.165, 1.54) is 31.3 Å². The van der Waals surface area contributed by atoms with Gasteiger partial charge in [-0.1, -0.05) is 6.07 Å². The lowest BCUT2D eigenvalue weighted by Crippen LogP contribution is -2.14. The molecule has 0 spiro atoms. The van der Waals surface area contributed by atoms with Crippen LogP contribution in [0.25, 0.3) is 0 Å². The van der Waals surface area contributed by atoms with Crippen LogP contribution >= 0.6 is 0 Å². The molecule has 2 aromatic carbocycles. The summed E-state index contributed by atoms with van der Waals surface area (Å²) in [5.74, 6) is -0.864. The highest BCUT2D eigenvalue weighted by molar-refractivity contribution is 6.06. The monoisotopic (exact) mass is 365 g/mol. The second-order valence-electron chi connectivity index (χ2n) is 5.33. The van der Waals surface area contributed by atoms with Gasteiger partial charge in [0, 0.05) is 42.3 Å². The van der Waals surface area contributed by atoms with E-state index in [1.807, 2.05) is 0 Å². The van der Waals surface area contributed by atoms with Gasteiger partial charge in [-0.3, -0.25) is 19.7 Å². The second-order valence-corrected chi connectivity index (χ2v) is 5.33. The first kappa shape index (κ1) is 19.1. The van der Waals surface area contributed by atoms with Crippen LogP contribution in [0.5, 0.6) is 0 Å². The number of nitro benzene ring substituents is 1. The van der Waals surface area contributed by atoms with Gasteiger partial charge in [0.05, 0.1) is 4.92 Å². The van der Waals surface area contributed by atoms with Crippen molar-refractivity contribution in [1.82, 2.24) is 0 Å². The van der Waals surface area contributed by atoms with Crippen molar-refractivity contribution in [2.24, 2.45) is 0 Å². The van der Waals surface area contributed by atoms with Gasteiger partial charge < -0.3 is 16.0 Å². The average Bonchev–Trinajstić information content (AvgIpc) is 2.63. The summed E-state index contributed by atoms with van der Waals surface area (Å²) in [5.41, 5.74) is 1.04. The molecule has 2 amide bonds. The van der Waals surface area contributed by atoms with Crippen molar-refractivity contribution in [1.29, 1.82) is 5.26 Å². The first-order valence-corrected chi connectivity index (χ1v) is 7.69. The summed E-state index contributed by atoms with van der Waals surface area (Å²) in [7, 11) is 0. The van der Waals surface area contributed by atoms with E-state index in [0.29, 0.717) is 17.1 Å². The molecule has 0 aliphatic heterocycles. The maximum Gasteiger partial charge on any atom is 0.271 e. The molecular weight excluding hydrogens is 350 g/mol. The van der Waals surface area contributed by atoms with Crippen LogP contribution in [0.15, 0.2) is 60.3 Å². The Morgan fingerprint density at radius 3 is 2.26 bits per heavy atom. The summed E-state index contributed by atoms with van der Waals surface area (Å²) in [4.78, 5) is 33.4. The van der Waals surface area contributed by atoms with E-state index in [9.17, 15) is 19.7 Å². The van der Waals surface area contributed by atoms with E-state index in [4.69, 9.17) is 5.26 Å². The number of carbonyl (C=O) groups is 2. The average molecular weight is 365 g/mol. The molecule has 3 N–H and O–H groups in total. The van der Waals surface area contributed by atoms with Gasteiger partial charge >= 0.3 is 0 Å². The smallest absolute Gasteiger partial charge is 0.271 e. The lowest BCUT2D eigenvalue weighted by Gasteiger charge is -2.07. The van der Waals surface area contributed by atoms with E-state index in [0.717, 1.165) is 0 Å². The molecule has 27 heavy (non-hydrogen) atoms. The zero-order valence-corrected chi connectivity index (χ0v) is 14.2. The highest BCUT2D eigenvalue weighted by atomic mass is 16.6. The van der Waals surface area contributed by atoms with Crippen molar-refractivity contribution in [3.05, 3.63) is 70.4 Å². The molecule has 0 fully saturated rings. The predicted octanol–water partition coefficient (Wildman–Crippen LogP) is 3.01. The Morgan fingerprint density at radius 1 is 1.07 bits per heavy atom. The molecule has 0 unspecified atom stereocenters. The summed E-state index contributed by atoms with van der Waals surface area (Å²) >= 11 is 0. The predicted molar refractivity (Wildman–Crippen MR) is 99.8 cm³/mol. The van der Waals surface area contributed by atoms with Gasteiger partial charge in [0.15, 0.2) is 0 Å². The lowest BCUT2D eigenvalue weighted by molar-refractivity contribution is -0.384. The van der Waals surface area contributed by atoms with Crippen molar-refractivity contribution in [2.45, 2.75) is 6.92 Å². The first-order chi connectivity index (χ1) is 12.9. The minimum atomic E-state index is -0.650. The Morgan fingerprint density at radius 2 is 1.70 bits per heavy atom. The van der Waals surface area contributed by atoms with Crippen molar-refractivity contribution in [3.8, 4) is 6.07 Å². The molecule has 2 rings (SSSR count). The van der Waals surface area contributed by atoms with Gasteiger partial charge in [0.2, 0.25) is 5.91 Å². The van der Waals surface area contributed by atoms with Gasteiger partial charge in [-0.05, 0) is 30.3 Å².